The molecule has 240 valence electrons. The molecule has 0 saturated carbocycles. The maximum Gasteiger partial charge on any atom is 0.337 e. The number of urea groups is 1. The number of anilines is 2. The van der Waals surface area contributed by atoms with E-state index in [2.05, 4.69) is 25.9 Å². The number of nitrogens with one attached hydrogen (secondary N) is 3. The highest BCUT2D eigenvalue weighted by molar-refractivity contribution is 6.05. The number of aromatic carboxylic acids is 1. The fraction of sp³-hybridized carbons (Fsp3) is 0.108. The minimum atomic E-state index is -1.20. The molecule has 3 aromatic carbocycles. The molecule has 0 saturated heterocycles. The summed E-state index contributed by atoms with van der Waals surface area (Å²) in [5.41, 5.74) is 3.35. The molecule has 11 heteroatoms. The zero-order valence-electron chi connectivity index (χ0n) is 25.9. The van der Waals surface area contributed by atoms with Gasteiger partial charge in [0.1, 0.15) is 6.04 Å². The Hall–Kier alpha value is -6.33. The molecule has 1 atom stereocenters. The molecule has 3 heterocycles. The van der Waals surface area contributed by atoms with Crippen molar-refractivity contribution in [1.29, 1.82) is 0 Å². The first-order valence-corrected chi connectivity index (χ1v) is 15.1. The predicted molar refractivity (Wildman–Crippen MR) is 181 cm³/mol. The van der Waals surface area contributed by atoms with Crippen LogP contribution in [0, 0.1) is 0 Å². The van der Waals surface area contributed by atoms with E-state index in [0.29, 0.717) is 11.3 Å². The zero-order chi connectivity index (χ0) is 33.5. The molecule has 0 aliphatic heterocycles. The van der Waals surface area contributed by atoms with Crippen LogP contribution in [0.15, 0.2) is 134 Å². The molecule has 11 nitrogen and oxygen atoms in total. The first kappa shape index (κ1) is 31.6. The number of esters is 1. The van der Waals surface area contributed by atoms with Crippen molar-refractivity contribution in [3.05, 3.63) is 162 Å². The number of hydrogen-bond acceptors (Lipinski definition) is 7. The average molecular weight is 641 g/mol. The van der Waals surface area contributed by atoms with E-state index in [0.717, 1.165) is 22.4 Å². The van der Waals surface area contributed by atoms with Crippen LogP contribution in [0.25, 0.3) is 5.65 Å². The fourth-order valence-electron chi connectivity index (χ4n) is 5.91. The van der Waals surface area contributed by atoms with E-state index in [4.69, 9.17) is 4.74 Å². The van der Waals surface area contributed by atoms with Gasteiger partial charge in [-0.15, -0.1) is 0 Å². The molecule has 0 spiro atoms. The quantitative estimate of drug-likeness (QED) is 0.104. The van der Waals surface area contributed by atoms with Crippen molar-refractivity contribution in [3.63, 3.8) is 0 Å². The van der Waals surface area contributed by atoms with Gasteiger partial charge in [-0.05, 0) is 34.9 Å². The number of carboxylic acid groups (broad SMARTS) is 1. The second kappa shape index (κ2) is 14.0. The van der Waals surface area contributed by atoms with Crippen LogP contribution in [0.2, 0.25) is 0 Å². The molecule has 0 fully saturated rings. The number of carbonyl (C=O) groups excluding carboxylic acids is 2. The lowest BCUT2D eigenvalue weighted by Crippen LogP contribution is -2.53. The smallest absolute Gasteiger partial charge is 0.337 e. The second-order valence-electron chi connectivity index (χ2n) is 10.9. The Morgan fingerprint density at radius 2 is 1.38 bits per heavy atom. The molecule has 0 bridgehead atoms. The van der Waals surface area contributed by atoms with Crippen LogP contribution in [0.1, 0.15) is 32.7 Å². The van der Waals surface area contributed by atoms with Gasteiger partial charge in [-0.1, -0.05) is 91.0 Å². The number of fused-ring (bicyclic) bond motifs is 1. The maximum atomic E-state index is 13.6. The number of ether oxygens (including phenoxy) is 1. The molecular weight excluding hydrogens is 608 g/mol. The maximum absolute atomic E-state index is 13.6. The Kier molecular flexibility index (Phi) is 9.21. The number of benzene rings is 3. The fourth-order valence-corrected chi connectivity index (χ4v) is 5.91. The molecule has 2 amide bonds. The molecule has 48 heavy (non-hydrogen) atoms. The second-order valence-corrected chi connectivity index (χ2v) is 10.9. The van der Waals surface area contributed by atoms with E-state index in [1.54, 1.807) is 28.9 Å². The zero-order valence-corrected chi connectivity index (χ0v) is 25.9. The molecular formula is C37H32N6O5. The van der Waals surface area contributed by atoms with Crippen molar-refractivity contribution in [3.8, 4) is 0 Å². The van der Waals surface area contributed by atoms with Gasteiger partial charge in [0.15, 0.2) is 5.65 Å². The van der Waals surface area contributed by atoms with Crippen LogP contribution in [0.3, 0.4) is 0 Å². The number of pyridine rings is 2. The van der Waals surface area contributed by atoms with Crippen LogP contribution in [0.5, 0.6) is 0 Å². The highest BCUT2D eigenvalue weighted by Crippen LogP contribution is 2.37. The number of amides is 2. The van der Waals surface area contributed by atoms with Crippen LogP contribution < -0.4 is 16.0 Å². The van der Waals surface area contributed by atoms with E-state index in [-0.39, 0.29) is 17.7 Å². The number of carboxylic acids is 1. The number of nitrogens with zero attached hydrogens (tertiary/aromatic N) is 3. The van der Waals surface area contributed by atoms with Gasteiger partial charge in [-0.25, -0.2) is 14.6 Å². The number of carbonyl (C=O) groups is 3. The summed E-state index contributed by atoms with van der Waals surface area (Å²) < 4.78 is 7.14. The van der Waals surface area contributed by atoms with Crippen molar-refractivity contribution in [1.82, 2.24) is 19.7 Å². The van der Waals surface area contributed by atoms with Crippen LogP contribution in [-0.4, -0.2) is 50.6 Å². The Bertz CT molecular complexity index is 1950. The molecule has 0 unspecified atom stereocenters. The molecule has 3 aromatic heterocycles. The molecule has 6 rings (SSSR count). The molecule has 6 aromatic rings. The predicted octanol–water partition coefficient (Wildman–Crippen LogP) is 5.74. The van der Waals surface area contributed by atoms with Gasteiger partial charge in [-0.3, -0.25) is 15.1 Å². The highest BCUT2D eigenvalue weighted by atomic mass is 16.5. The van der Waals surface area contributed by atoms with E-state index in [1.165, 1.54) is 25.6 Å². The van der Waals surface area contributed by atoms with Gasteiger partial charge in [0, 0.05) is 30.7 Å². The van der Waals surface area contributed by atoms with Gasteiger partial charge in [0.25, 0.3) is 0 Å². The summed E-state index contributed by atoms with van der Waals surface area (Å²) in [4.78, 5) is 46.5. The van der Waals surface area contributed by atoms with E-state index >= 15 is 0 Å². The average Bonchev–Trinajstić information content (AvgIpc) is 3.63. The number of imidazole rings is 1. The molecule has 0 aliphatic carbocycles. The first-order chi connectivity index (χ1) is 23.4. The summed E-state index contributed by atoms with van der Waals surface area (Å²) >= 11 is 0. The monoisotopic (exact) mass is 640 g/mol. The Labute approximate surface area is 276 Å². The van der Waals surface area contributed by atoms with Gasteiger partial charge >= 0.3 is 18.0 Å². The van der Waals surface area contributed by atoms with Gasteiger partial charge in [-0.2, -0.15) is 0 Å². The summed E-state index contributed by atoms with van der Waals surface area (Å²) in [6.45, 7) is 0. The van der Waals surface area contributed by atoms with Crippen molar-refractivity contribution in [2.45, 2.75) is 18.0 Å². The first-order valence-electron chi connectivity index (χ1n) is 15.1. The summed E-state index contributed by atoms with van der Waals surface area (Å²) in [5.74, 6) is -1.65. The van der Waals surface area contributed by atoms with Gasteiger partial charge in [0.05, 0.1) is 35.8 Å². The topological polar surface area (TPSA) is 147 Å². The van der Waals surface area contributed by atoms with Gasteiger partial charge in [0.2, 0.25) is 0 Å². The normalized spacial score (nSPS) is 11.9. The summed E-state index contributed by atoms with van der Waals surface area (Å²) in [7, 11) is 1.36. The summed E-state index contributed by atoms with van der Waals surface area (Å²) in [5, 5.41) is 18.5. The number of hydrogen-bond donors (Lipinski definition) is 4. The van der Waals surface area contributed by atoms with E-state index in [1.807, 2.05) is 91.0 Å². The van der Waals surface area contributed by atoms with Crippen molar-refractivity contribution in [2.24, 2.45) is 0 Å². The molecule has 0 radical (unpaired) electrons. The van der Waals surface area contributed by atoms with Crippen LogP contribution in [-0.2, 0) is 21.5 Å². The Balaban J connectivity index is 1.36. The largest absolute Gasteiger partial charge is 0.478 e. The van der Waals surface area contributed by atoms with Crippen molar-refractivity contribution in [2.75, 3.05) is 17.7 Å². The van der Waals surface area contributed by atoms with Crippen molar-refractivity contribution < 1.29 is 24.2 Å². The summed E-state index contributed by atoms with van der Waals surface area (Å²) in [6.07, 6.45) is 6.13. The molecule has 4 N–H and O–H groups in total. The van der Waals surface area contributed by atoms with E-state index in [9.17, 15) is 19.5 Å². The Morgan fingerprint density at radius 3 is 1.94 bits per heavy atom. The lowest BCUT2D eigenvalue weighted by Gasteiger charge is -2.39. The Morgan fingerprint density at radius 1 is 0.792 bits per heavy atom. The molecule has 0 aliphatic rings. The third-order valence-electron chi connectivity index (χ3n) is 8.09. The third-order valence-corrected chi connectivity index (χ3v) is 8.09. The summed E-state index contributed by atoms with van der Waals surface area (Å²) in [6, 6.07) is 33.2. The minimum Gasteiger partial charge on any atom is -0.478 e. The van der Waals surface area contributed by atoms with E-state index < -0.39 is 29.6 Å². The standard InChI is InChI=1S/C37H32N6O5/c1-48-35(46)31(42-37(25-11-5-2-6-12-25,26-13-7-3-8-14-26)27-15-9-4-10-16-27)23-28-17-18-30(33-39-21-22-43(28)33)40-36(47)41-32-24-38-20-19-29(32)34(44)45/h2-22,24,31,42H,23H2,1H3,(H,44,45)(H2,40,41,47)/t31-/m0/s1. The minimum absolute atomic E-state index is 0.0456. The third kappa shape index (κ3) is 6.35. The number of methoxy groups -OCH3 is 1. The van der Waals surface area contributed by atoms with Gasteiger partial charge < -0.3 is 24.9 Å². The lowest BCUT2D eigenvalue weighted by atomic mass is 9.76. The van der Waals surface area contributed by atoms with Crippen LogP contribution in [0.4, 0.5) is 16.2 Å². The highest BCUT2D eigenvalue weighted by Gasteiger charge is 2.40. The number of rotatable bonds is 11. The van der Waals surface area contributed by atoms with Crippen molar-refractivity contribution >= 4 is 35.0 Å². The lowest BCUT2D eigenvalue weighted by molar-refractivity contribution is -0.143. The SMILES string of the molecule is COC(=O)[C@H](Cc1ccc(NC(=O)Nc2cnccc2C(=O)O)c2nccn12)NC(c1ccccc1)(c1ccccc1)c1ccccc1. The number of aromatic nitrogens is 3. The van der Waals surface area contributed by atoms with Crippen LogP contribution >= 0.6 is 0 Å².